The lowest BCUT2D eigenvalue weighted by Gasteiger charge is -1.85. The van der Waals surface area contributed by atoms with Crippen LogP contribution in [0.3, 0.4) is 0 Å². The van der Waals surface area contributed by atoms with Crippen LogP contribution in [0.5, 0.6) is 0 Å². The van der Waals surface area contributed by atoms with Gasteiger partial charge in [-0.15, -0.1) is 0 Å². The molecule has 0 aromatic rings. The van der Waals surface area contributed by atoms with E-state index in [1.54, 1.807) is 7.11 Å². The quantitative estimate of drug-likeness (QED) is 0.717. The van der Waals surface area contributed by atoms with Crippen LogP contribution < -0.4 is 5.32 Å². The van der Waals surface area contributed by atoms with Crippen LogP contribution in [0.15, 0.2) is 0 Å². The number of amides is 1. The first-order chi connectivity index (χ1) is 7.43. The summed E-state index contributed by atoms with van der Waals surface area (Å²) in [6, 6.07) is 0. The first-order valence-electron chi connectivity index (χ1n) is 5.35. The van der Waals surface area contributed by atoms with Gasteiger partial charge < -0.3 is 15.2 Å². The summed E-state index contributed by atoms with van der Waals surface area (Å²) in [4.78, 5) is 18.9. The Hall–Kier alpha value is -1.10. The number of ether oxygens (including phenoxy) is 1. The van der Waals surface area contributed by atoms with E-state index in [4.69, 9.17) is 9.84 Å². The molecule has 16 heavy (non-hydrogen) atoms. The number of carboxylic acid groups (broad SMARTS) is 1. The second-order valence-electron chi connectivity index (χ2n) is 4.06. The van der Waals surface area contributed by atoms with E-state index in [0.29, 0.717) is 12.5 Å². The van der Waals surface area contributed by atoms with Gasteiger partial charge in [0.2, 0.25) is 6.41 Å². The van der Waals surface area contributed by atoms with Gasteiger partial charge in [0.15, 0.2) is 0 Å². The molecule has 0 spiro atoms. The number of aliphatic carboxylic acids is 1. The minimum Gasteiger partial charge on any atom is -0.480 e. The van der Waals surface area contributed by atoms with E-state index in [1.165, 1.54) is 12.8 Å². The van der Waals surface area contributed by atoms with Gasteiger partial charge in [-0.3, -0.25) is 9.59 Å². The van der Waals surface area contributed by atoms with Crippen LogP contribution in [0.2, 0.25) is 0 Å². The first-order valence-corrected chi connectivity index (χ1v) is 5.35. The summed E-state index contributed by atoms with van der Waals surface area (Å²) in [5.74, 6) is -0.202. The van der Waals surface area contributed by atoms with E-state index in [2.05, 4.69) is 20.8 Å². The Labute approximate surface area is 97.2 Å². The SMILES string of the molecule is CC(C)C.COC1CC1.O=CNCC(=O)O. The predicted octanol–water partition coefficient (Wildman–Crippen LogP) is 1.27. The van der Waals surface area contributed by atoms with Gasteiger partial charge >= 0.3 is 5.97 Å². The van der Waals surface area contributed by atoms with Crippen molar-refractivity contribution in [1.29, 1.82) is 0 Å². The van der Waals surface area contributed by atoms with E-state index < -0.39 is 5.97 Å². The molecule has 5 nitrogen and oxygen atoms in total. The smallest absolute Gasteiger partial charge is 0.322 e. The molecule has 0 aromatic carbocycles. The Morgan fingerprint density at radius 3 is 2.00 bits per heavy atom. The molecule has 96 valence electrons. The average Bonchev–Trinajstić information content (AvgIpc) is 2.97. The molecule has 2 N–H and O–H groups in total. The Morgan fingerprint density at radius 2 is 1.94 bits per heavy atom. The van der Waals surface area contributed by atoms with Crippen molar-refractivity contribution in [2.45, 2.75) is 39.7 Å². The molecule has 0 heterocycles. The number of carbonyl (C=O) groups excluding carboxylic acids is 1. The number of hydrogen-bond acceptors (Lipinski definition) is 3. The monoisotopic (exact) mass is 233 g/mol. The lowest BCUT2D eigenvalue weighted by molar-refractivity contribution is -0.136. The minimum atomic E-state index is -1.04. The van der Waals surface area contributed by atoms with Crippen molar-refractivity contribution >= 4 is 12.4 Å². The van der Waals surface area contributed by atoms with Crippen LogP contribution in [-0.4, -0.2) is 37.2 Å². The largest absolute Gasteiger partial charge is 0.480 e. The highest BCUT2D eigenvalue weighted by atomic mass is 16.5. The summed E-state index contributed by atoms with van der Waals surface area (Å²) >= 11 is 0. The third kappa shape index (κ3) is 29.3. The summed E-state index contributed by atoms with van der Waals surface area (Å²) in [5.41, 5.74) is 0. The predicted molar refractivity (Wildman–Crippen MR) is 62.2 cm³/mol. The Balaban J connectivity index is 0. The molecule has 0 unspecified atom stereocenters. The highest BCUT2D eigenvalue weighted by Gasteiger charge is 2.19. The van der Waals surface area contributed by atoms with Gasteiger partial charge in [0.05, 0.1) is 6.10 Å². The molecule has 0 saturated heterocycles. The summed E-state index contributed by atoms with van der Waals surface area (Å²) in [6.45, 7) is 6.20. The molecule has 0 radical (unpaired) electrons. The maximum atomic E-state index is 9.54. The van der Waals surface area contributed by atoms with Gasteiger partial charge in [0.25, 0.3) is 0 Å². The molecular weight excluding hydrogens is 210 g/mol. The second-order valence-corrected chi connectivity index (χ2v) is 4.06. The van der Waals surface area contributed by atoms with Crippen LogP contribution in [0.1, 0.15) is 33.6 Å². The molecule has 0 aromatic heterocycles. The molecular formula is C11H23NO4. The third-order valence-corrected chi connectivity index (χ3v) is 1.19. The summed E-state index contributed by atoms with van der Waals surface area (Å²) in [6.07, 6.45) is 3.55. The number of carbonyl (C=O) groups is 2. The number of nitrogens with one attached hydrogen (secondary N) is 1. The Morgan fingerprint density at radius 1 is 1.50 bits per heavy atom. The number of rotatable bonds is 4. The molecule has 1 saturated carbocycles. The van der Waals surface area contributed by atoms with Crippen molar-refractivity contribution in [2.75, 3.05) is 13.7 Å². The summed E-state index contributed by atoms with van der Waals surface area (Å²) in [5, 5.41) is 9.79. The van der Waals surface area contributed by atoms with Crippen LogP contribution in [-0.2, 0) is 14.3 Å². The fraction of sp³-hybridized carbons (Fsp3) is 0.818. The van der Waals surface area contributed by atoms with Gasteiger partial charge in [-0.2, -0.15) is 0 Å². The molecule has 0 aliphatic heterocycles. The lowest BCUT2D eigenvalue weighted by Crippen LogP contribution is -2.20. The molecule has 5 heteroatoms. The van der Waals surface area contributed by atoms with Gasteiger partial charge in [-0.05, 0) is 18.8 Å². The van der Waals surface area contributed by atoms with Gasteiger partial charge in [-0.1, -0.05) is 20.8 Å². The van der Waals surface area contributed by atoms with Crippen LogP contribution >= 0.6 is 0 Å². The van der Waals surface area contributed by atoms with Gasteiger partial charge in [0.1, 0.15) is 6.54 Å². The number of methoxy groups -OCH3 is 1. The van der Waals surface area contributed by atoms with E-state index in [0.717, 1.165) is 5.92 Å². The van der Waals surface area contributed by atoms with Crippen molar-refractivity contribution in [3.8, 4) is 0 Å². The van der Waals surface area contributed by atoms with Gasteiger partial charge in [0, 0.05) is 7.11 Å². The number of carboxylic acids is 1. The van der Waals surface area contributed by atoms with Crippen molar-refractivity contribution in [3.63, 3.8) is 0 Å². The topological polar surface area (TPSA) is 75.6 Å². The molecule has 1 amide bonds. The third-order valence-electron chi connectivity index (χ3n) is 1.19. The van der Waals surface area contributed by atoms with Crippen LogP contribution in [0.25, 0.3) is 0 Å². The zero-order valence-corrected chi connectivity index (χ0v) is 10.5. The van der Waals surface area contributed by atoms with Crippen molar-refractivity contribution in [1.82, 2.24) is 5.32 Å². The summed E-state index contributed by atoms with van der Waals surface area (Å²) < 4.78 is 4.86. The molecule has 1 rings (SSSR count). The summed E-state index contributed by atoms with van der Waals surface area (Å²) in [7, 11) is 1.76. The second kappa shape index (κ2) is 12.0. The highest BCUT2D eigenvalue weighted by molar-refractivity contribution is 5.71. The first kappa shape index (κ1) is 17.3. The Bertz CT molecular complexity index is 176. The van der Waals surface area contributed by atoms with Crippen molar-refractivity contribution in [3.05, 3.63) is 0 Å². The molecule has 0 bridgehead atoms. The molecule has 1 aliphatic rings. The van der Waals surface area contributed by atoms with Crippen molar-refractivity contribution in [2.24, 2.45) is 5.92 Å². The van der Waals surface area contributed by atoms with E-state index in [9.17, 15) is 9.59 Å². The van der Waals surface area contributed by atoms with Crippen molar-refractivity contribution < 1.29 is 19.4 Å². The van der Waals surface area contributed by atoms with E-state index in [1.807, 2.05) is 5.32 Å². The zero-order chi connectivity index (χ0) is 13.0. The van der Waals surface area contributed by atoms with E-state index >= 15 is 0 Å². The average molecular weight is 233 g/mol. The fourth-order valence-corrected chi connectivity index (χ4v) is 0.433. The van der Waals surface area contributed by atoms with Gasteiger partial charge in [-0.25, -0.2) is 0 Å². The fourth-order valence-electron chi connectivity index (χ4n) is 0.433. The zero-order valence-electron chi connectivity index (χ0n) is 10.5. The lowest BCUT2D eigenvalue weighted by atomic mass is 10.3. The molecule has 1 aliphatic carbocycles. The normalized spacial score (nSPS) is 12.8. The van der Waals surface area contributed by atoms with Crippen LogP contribution in [0.4, 0.5) is 0 Å². The maximum absolute atomic E-state index is 9.54. The maximum Gasteiger partial charge on any atom is 0.322 e. The Kier molecular flexibility index (Phi) is 12.9. The molecule has 1 fully saturated rings. The van der Waals surface area contributed by atoms with Crippen LogP contribution in [0, 0.1) is 5.92 Å². The minimum absolute atomic E-state index is 0.302. The molecule has 0 atom stereocenters. The highest BCUT2D eigenvalue weighted by Crippen LogP contribution is 2.21. The van der Waals surface area contributed by atoms with E-state index in [-0.39, 0.29) is 6.54 Å². The number of hydrogen-bond donors (Lipinski definition) is 2. The standard InChI is InChI=1S/C4H8O.C4H10.C3H5NO3/c1-5-4-2-3-4;1-4(2)3;5-2-4-1-3(6)7/h4H,2-3H2,1H3;4H,1-3H3;2H,1H2,(H,4,5)(H,6,7).